The first-order valence-corrected chi connectivity index (χ1v) is 11.1. The number of anilines is 1. The third kappa shape index (κ3) is 4.76. The van der Waals surface area contributed by atoms with Gasteiger partial charge in [0.25, 0.3) is 5.91 Å². The molecule has 174 valence electrons. The van der Waals surface area contributed by atoms with Crippen molar-refractivity contribution < 1.29 is 24.2 Å². The van der Waals surface area contributed by atoms with E-state index in [1.54, 1.807) is 6.07 Å². The first-order chi connectivity index (χ1) is 16.5. The van der Waals surface area contributed by atoms with Crippen LogP contribution in [-0.4, -0.2) is 40.7 Å². The number of nitrogens with one attached hydrogen (secondary N) is 2. The van der Waals surface area contributed by atoms with E-state index < -0.39 is 24.0 Å². The Morgan fingerprint density at radius 1 is 1.00 bits per heavy atom. The third-order valence-corrected chi connectivity index (χ3v) is 5.78. The molecule has 8 heteroatoms. The quantitative estimate of drug-likeness (QED) is 0.459. The zero-order valence-electron chi connectivity index (χ0n) is 18.7. The van der Waals surface area contributed by atoms with Crippen LogP contribution in [0.25, 0.3) is 11.1 Å². The lowest BCUT2D eigenvalue weighted by Crippen LogP contribution is -2.41. The van der Waals surface area contributed by atoms with E-state index in [1.165, 1.54) is 12.3 Å². The number of aliphatic carboxylic acids is 1. The Balaban J connectivity index is 1.45. The monoisotopic (exact) mass is 459 g/mol. The van der Waals surface area contributed by atoms with Gasteiger partial charge in [0.2, 0.25) is 0 Å². The van der Waals surface area contributed by atoms with Crippen LogP contribution in [0.3, 0.4) is 0 Å². The van der Waals surface area contributed by atoms with E-state index in [4.69, 9.17) is 4.74 Å². The van der Waals surface area contributed by atoms with Crippen LogP contribution in [0, 0.1) is 0 Å². The number of nitrogens with zero attached hydrogens (tertiary/aromatic N) is 1. The zero-order chi connectivity index (χ0) is 24.1. The fourth-order valence-corrected chi connectivity index (χ4v) is 4.20. The van der Waals surface area contributed by atoms with Gasteiger partial charge in [-0.3, -0.25) is 10.1 Å². The first kappa shape index (κ1) is 23.0. The maximum absolute atomic E-state index is 12.6. The summed E-state index contributed by atoms with van der Waals surface area (Å²) in [5.41, 5.74) is 4.48. The molecule has 0 saturated heterocycles. The average Bonchev–Trinajstić information content (AvgIpc) is 3.16. The molecule has 1 aromatic heterocycles. The van der Waals surface area contributed by atoms with E-state index in [0.717, 1.165) is 22.3 Å². The van der Waals surface area contributed by atoms with Gasteiger partial charge in [-0.1, -0.05) is 61.9 Å². The number of carbonyl (C=O) groups is 3. The minimum atomic E-state index is -1.13. The van der Waals surface area contributed by atoms with E-state index in [0.29, 0.717) is 6.42 Å². The van der Waals surface area contributed by atoms with Crippen molar-refractivity contribution in [1.82, 2.24) is 10.3 Å². The molecule has 1 aliphatic carbocycles. The molecular weight excluding hydrogens is 434 g/mol. The van der Waals surface area contributed by atoms with Gasteiger partial charge < -0.3 is 15.2 Å². The second-order valence-electron chi connectivity index (χ2n) is 8.00. The fraction of sp³-hybridized carbons (Fsp3) is 0.231. The molecule has 0 fully saturated rings. The number of rotatable bonds is 8. The molecule has 3 N–H and O–H groups in total. The van der Waals surface area contributed by atoms with E-state index in [-0.39, 0.29) is 30.3 Å². The molecule has 2 aromatic carbocycles. The van der Waals surface area contributed by atoms with Gasteiger partial charge >= 0.3 is 12.1 Å². The zero-order valence-corrected chi connectivity index (χ0v) is 18.7. The Hall–Kier alpha value is -4.20. The predicted molar refractivity (Wildman–Crippen MR) is 127 cm³/mol. The Morgan fingerprint density at radius 2 is 1.65 bits per heavy atom. The van der Waals surface area contributed by atoms with Gasteiger partial charge in [0, 0.05) is 12.1 Å². The minimum absolute atomic E-state index is 0.0849. The minimum Gasteiger partial charge on any atom is -0.480 e. The highest BCUT2D eigenvalue weighted by Crippen LogP contribution is 2.44. The van der Waals surface area contributed by atoms with Gasteiger partial charge in [0.05, 0.1) is 5.69 Å². The molecule has 34 heavy (non-hydrogen) atoms. The second-order valence-corrected chi connectivity index (χ2v) is 8.00. The number of carboxylic acid groups (broad SMARTS) is 1. The average molecular weight is 460 g/mol. The summed E-state index contributed by atoms with van der Waals surface area (Å²) >= 11 is 0. The molecule has 0 saturated carbocycles. The molecule has 2 amide bonds. The molecule has 3 aromatic rings. The summed E-state index contributed by atoms with van der Waals surface area (Å²) in [6.07, 6.45) is 1.54. The molecule has 0 radical (unpaired) electrons. The van der Waals surface area contributed by atoms with E-state index in [1.807, 2.05) is 43.3 Å². The normalized spacial score (nSPS) is 12.9. The van der Waals surface area contributed by atoms with Crippen molar-refractivity contribution in [3.05, 3.63) is 83.7 Å². The highest BCUT2D eigenvalue weighted by molar-refractivity contribution is 6.02. The van der Waals surface area contributed by atoms with Gasteiger partial charge in [0.15, 0.2) is 5.69 Å². The number of aromatic nitrogens is 1. The highest BCUT2D eigenvalue weighted by atomic mass is 16.5. The molecular formula is C26H25N3O5. The lowest BCUT2D eigenvalue weighted by atomic mass is 9.98. The number of carbonyl (C=O) groups excluding carboxylic acids is 2. The number of hydrogen-bond acceptors (Lipinski definition) is 5. The standard InChI is InChI=1S/C26H25N3O5/c1-2-8-22(25(31)32)28-24(30)23-21(13-7-14-27-23)29-26(33)34-15-20-18-11-5-3-9-16(18)17-10-4-6-12-19(17)20/h3-7,9-14,20,22H,2,8,15H2,1H3,(H,28,30)(H,29,33)(H,31,32)/t22-/m1/s1. The molecule has 1 heterocycles. The Bertz CT molecular complexity index is 1180. The maximum atomic E-state index is 12.6. The lowest BCUT2D eigenvalue weighted by molar-refractivity contribution is -0.139. The SMILES string of the molecule is CCC[C@@H](NC(=O)c1ncccc1NC(=O)OCC1c2ccccc2-c2ccccc21)C(=O)O. The van der Waals surface area contributed by atoms with Crippen LogP contribution in [0.4, 0.5) is 10.5 Å². The number of fused-ring (bicyclic) bond motifs is 3. The number of pyridine rings is 1. The van der Waals surface area contributed by atoms with Crippen LogP contribution < -0.4 is 10.6 Å². The topological polar surface area (TPSA) is 118 Å². The molecule has 0 spiro atoms. The van der Waals surface area contributed by atoms with Gasteiger partial charge in [0.1, 0.15) is 12.6 Å². The van der Waals surface area contributed by atoms with Gasteiger partial charge in [-0.15, -0.1) is 0 Å². The summed E-state index contributed by atoms with van der Waals surface area (Å²) in [5.74, 6) is -1.91. The molecule has 1 aliphatic rings. The molecule has 0 aliphatic heterocycles. The third-order valence-electron chi connectivity index (χ3n) is 5.78. The summed E-state index contributed by atoms with van der Waals surface area (Å²) in [6.45, 7) is 1.95. The van der Waals surface area contributed by atoms with Crippen LogP contribution in [0.5, 0.6) is 0 Å². The van der Waals surface area contributed by atoms with Crippen LogP contribution in [-0.2, 0) is 9.53 Å². The fourth-order valence-electron chi connectivity index (χ4n) is 4.20. The number of amides is 2. The molecule has 0 unspecified atom stereocenters. The van der Waals surface area contributed by atoms with E-state index in [9.17, 15) is 19.5 Å². The van der Waals surface area contributed by atoms with Crippen molar-refractivity contribution in [2.45, 2.75) is 31.7 Å². The summed E-state index contributed by atoms with van der Waals surface area (Å²) in [7, 11) is 0. The lowest BCUT2D eigenvalue weighted by Gasteiger charge is -2.16. The second kappa shape index (κ2) is 10.2. The Morgan fingerprint density at radius 3 is 2.26 bits per heavy atom. The van der Waals surface area contributed by atoms with Crippen molar-refractivity contribution in [1.29, 1.82) is 0 Å². The molecule has 1 atom stereocenters. The van der Waals surface area contributed by atoms with Crippen molar-refractivity contribution in [3.8, 4) is 11.1 Å². The number of benzene rings is 2. The van der Waals surface area contributed by atoms with Gasteiger partial charge in [-0.25, -0.2) is 14.6 Å². The summed E-state index contributed by atoms with van der Waals surface area (Å²) in [5, 5.41) is 14.3. The largest absolute Gasteiger partial charge is 0.480 e. The highest BCUT2D eigenvalue weighted by Gasteiger charge is 2.29. The number of carboxylic acids is 1. The summed E-state index contributed by atoms with van der Waals surface area (Å²) < 4.78 is 5.53. The Kier molecular flexibility index (Phi) is 6.87. The number of hydrogen-bond donors (Lipinski definition) is 3. The van der Waals surface area contributed by atoms with Gasteiger partial charge in [-0.2, -0.15) is 0 Å². The van der Waals surface area contributed by atoms with Crippen LogP contribution in [0.15, 0.2) is 66.9 Å². The van der Waals surface area contributed by atoms with Crippen LogP contribution in [0.1, 0.15) is 47.3 Å². The molecule has 4 rings (SSSR count). The summed E-state index contributed by atoms with van der Waals surface area (Å²) in [4.78, 5) is 40.7. The summed E-state index contributed by atoms with van der Waals surface area (Å²) in [6, 6.07) is 18.1. The van der Waals surface area contributed by atoms with Crippen LogP contribution >= 0.6 is 0 Å². The smallest absolute Gasteiger partial charge is 0.411 e. The molecule has 8 nitrogen and oxygen atoms in total. The van der Waals surface area contributed by atoms with Crippen molar-refractivity contribution in [3.63, 3.8) is 0 Å². The maximum Gasteiger partial charge on any atom is 0.411 e. The van der Waals surface area contributed by atoms with Gasteiger partial charge in [-0.05, 0) is 40.8 Å². The number of ether oxygens (including phenoxy) is 1. The van der Waals surface area contributed by atoms with Crippen LogP contribution in [0.2, 0.25) is 0 Å². The predicted octanol–water partition coefficient (Wildman–Crippen LogP) is 4.43. The van der Waals surface area contributed by atoms with Crippen molar-refractivity contribution >= 4 is 23.7 Å². The first-order valence-electron chi connectivity index (χ1n) is 11.1. The molecule has 0 bridgehead atoms. The van der Waals surface area contributed by atoms with E-state index in [2.05, 4.69) is 27.8 Å². The Labute approximate surface area is 197 Å². The van der Waals surface area contributed by atoms with Crippen molar-refractivity contribution in [2.75, 3.05) is 11.9 Å². The van der Waals surface area contributed by atoms with Crippen molar-refractivity contribution in [2.24, 2.45) is 0 Å². The van der Waals surface area contributed by atoms with E-state index >= 15 is 0 Å².